The van der Waals surface area contributed by atoms with Crippen LogP contribution in [0.1, 0.15) is 40.0 Å². The van der Waals surface area contributed by atoms with Gasteiger partial charge in [0.2, 0.25) is 0 Å². The van der Waals surface area contributed by atoms with Gasteiger partial charge in [-0.25, -0.2) is 4.98 Å². The molecule has 1 aromatic rings. The zero-order valence-electron chi connectivity index (χ0n) is 11.0. The van der Waals surface area contributed by atoms with Crippen molar-refractivity contribution >= 4 is 40.6 Å². The quantitative estimate of drug-likeness (QED) is 0.513. The highest BCUT2D eigenvalue weighted by molar-refractivity contribution is 6.42. The first-order chi connectivity index (χ1) is 8.47. The van der Waals surface area contributed by atoms with Crippen LogP contribution in [0.15, 0.2) is 6.07 Å². The van der Waals surface area contributed by atoms with Crippen molar-refractivity contribution in [3.8, 4) is 0 Å². The van der Waals surface area contributed by atoms with Crippen molar-refractivity contribution in [1.29, 1.82) is 0 Å². The summed E-state index contributed by atoms with van der Waals surface area (Å²) in [5.74, 6) is 0.720. The Kier molecular flexibility index (Phi) is 6.54. The Morgan fingerprint density at radius 3 is 2.39 bits per heavy atom. The average molecular weight is 310 g/mol. The highest BCUT2D eigenvalue weighted by Gasteiger charge is 2.17. The molecule has 0 spiro atoms. The standard InChI is InChI=1S/C13H19Cl3N2/c1-4-5-6-7-18(9(2)3)13-11(15)8-10(14)12(16)17-13/h8-9H,4-7H2,1-3H3. The molecular weight excluding hydrogens is 291 g/mol. The van der Waals surface area contributed by atoms with Gasteiger partial charge in [0.05, 0.1) is 10.0 Å². The molecular formula is C13H19Cl3N2. The summed E-state index contributed by atoms with van der Waals surface area (Å²) in [6.45, 7) is 7.35. The van der Waals surface area contributed by atoms with Crippen molar-refractivity contribution in [1.82, 2.24) is 4.98 Å². The van der Waals surface area contributed by atoms with Crippen LogP contribution in [0, 0.1) is 0 Å². The van der Waals surface area contributed by atoms with Crippen LogP contribution in [0.3, 0.4) is 0 Å². The molecule has 0 saturated heterocycles. The first kappa shape index (κ1) is 15.9. The number of halogens is 3. The van der Waals surface area contributed by atoms with Crippen molar-refractivity contribution in [2.45, 2.75) is 46.1 Å². The summed E-state index contributed by atoms with van der Waals surface area (Å²) in [7, 11) is 0. The normalized spacial score (nSPS) is 11.1. The molecule has 0 fully saturated rings. The van der Waals surface area contributed by atoms with Gasteiger partial charge in [-0.2, -0.15) is 0 Å². The Balaban J connectivity index is 2.95. The van der Waals surface area contributed by atoms with Crippen LogP contribution in [-0.2, 0) is 0 Å². The van der Waals surface area contributed by atoms with Crippen LogP contribution in [0.4, 0.5) is 5.82 Å². The van der Waals surface area contributed by atoms with E-state index in [4.69, 9.17) is 34.8 Å². The van der Waals surface area contributed by atoms with Crippen LogP contribution >= 0.6 is 34.8 Å². The molecule has 0 aromatic carbocycles. The molecule has 0 aliphatic carbocycles. The zero-order chi connectivity index (χ0) is 13.7. The van der Waals surface area contributed by atoms with Gasteiger partial charge < -0.3 is 4.90 Å². The van der Waals surface area contributed by atoms with E-state index in [-0.39, 0.29) is 0 Å². The second-order valence-electron chi connectivity index (χ2n) is 4.56. The van der Waals surface area contributed by atoms with Gasteiger partial charge in [-0.3, -0.25) is 0 Å². The summed E-state index contributed by atoms with van der Waals surface area (Å²) in [4.78, 5) is 6.47. The van der Waals surface area contributed by atoms with Crippen molar-refractivity contribution in [3.63, 3.8) is 0 Å². The van der Waals surface area contributed by atoms with Crippen molar-refractivity contribution in [2.24, 2.45) is 0 Å². The monoisotopic (exact) mass is 308 g/mol. The number of aromatic nitrogens is 1. The number of unbranched alkanes of at least 4 members (excludes halogenated alkanes) is 2. The molecule has 0 aliphatic heterocycles. The lowest BCUT2D eigenvalue weighted by Gasteiger charge is -2.29. The Morgan fingerprint density at radius 1 is 1.17 bits per heavy atom. The predicted octanol–water partition coefficient (Wildman–Crippen LogP) is 5.45. The average Bonchev–Trinajstić information content (AvgIpc) is 2.30. The van der Waals surface area contributed by atoms with Gasteiger partial charge >= 0.3 is 0 Å². The third kappa shape index (κ3) is 4.18. The Bertz CT molecular complexity index is 394. The number of nitrogens with zero attached hydrogens (tertiary/aromatic N) is 2. The Hall–Kier alpha value is -0.180. The molecule has 5 heteroatoms. The first-order valence-electron chi connectivity index (χ1n) is 6.25. The largest absolute Gasteiger partial charge is 0.353 e. The van der Waals surface area contributed by atoms with Crippen LogP contribution in [-0.4, -0.2) is 17.6 Å². The molecule has 0 aliphatic rings. The van der Waals surface area contributed by atoms with Crippen molar-refractivity contribution in [3.05, 3.63) is 21.3 Å². The Morgan fingerprint density at radius 2 is 1.83 bits per heavy atom. The minimum absolute atomic E-state index is 0.303. The second kappa shape index (κ2) is 7.42. The molecule has 0 unspecified atom stereocenters. The molecule has 1 rings (SSSR count). The van der Waals surface area contributed by atoms with E-state index in [0.29, 0.717) is 21.2 Å². The summed E-state index contributed by atoms with van der Waals surface area (Å²) in [5, 5.41) is 1.24. The molecule has 0 bridgehead atoms. The fourth-order valence-electron chi connectivity index (χ4n) is 1.78. The number of pyridine rings is 1. The Labute approximate surface area is 124 Å². The maximum atomic E-state index is 6.21. The molecule has 0 N–H and O–H groups in total. The molecule has 2 nitrogen and oxygen atoms in total. The van der Waals surface area contributed by atoms with E-state index >= 15 is 0 Å². The second-order valence-corrected chi connectivity index (χ2v) is 5.73. The van der Waals surface area contributed by atoms with Gasteiger partial charge in [-0.15, -0.1) is 0 Å². The summed E-state index contributed by atoms with van der Waals surface area (Å²) in [6, 6.07) is 1.98. The fourth-order valence-corrected chi connectivity index (χ4v) is 2.38. The van der Waals surface area contributed by atoms with Crippen LogP contribution in [0.2, 0.25) is 15.2 Å². The van der Waals surface area contributed by atoms with E-state index in [2.05, 4.69) is 30.7 Å². The van der Waals surface area contributed by atoms with Gasteiger partial charge in [0.25, 0.3) is 0 Å². The molecule has 0 saturated carbocycles. The van der Waals surface area contributed by atoms with E-state index in [1.54, 1.807) is 6.07 Å². The molecule has 102 valence electrons. The number of anilines is 1. The highest BCUT2D eigenvalue weighted by atomic mass is 35.5. The number of hydrogen-bond donors (Lipinski definition) is 0. The van der Waals surface area contributed by atoms with E-state index in [1.165, 1.54) is 12.8 Å². The molecule has 1 heterocycles. The van der Waals surface area contributed by atoms with Crippen LogP contribution in [0.5, 0.6) is 0 Å². The molecule has 0 amide bonds. The van der Waals surface area contributed by atoms with E-state index in [1.807, 2.05) is 0 Å². The van der Waals surface area contributed by atoms with Gasteiger partial charge in [-0.05, 0) is 26.3 Å². The lowest BCUT2D eigenvalue weighted by atomic mass is 10.2. The molecule has 18 heavy (non-hydrogen) atoms. The highest BCUT2D eigenvalue weighted by Crippen LogP contribution is 2.32. The zero-order valence-corrected chi connectivity index (χ0v) is 13.3. The minimum Gasteiger partial charge on any atom is -0.353 e. The predicted molar refractivity (Wildman–Crippen MR) is 81.3 cm³/mol. The first-order valence-corrected chi connectivity index (χ1v) is 7.39. The minimum atomic E-state index is 0.303. The summed E-state index contributed by atoms with van der Waals surface area (Å²) < 4.78 is 0. The maximum Gasteiger partial charge on any atom is 0.150 e. The smallest absolute Gasteiger partial charge is 0.150 e. The SMILES string of the molecule is CCCCCN(c1nc(Cl)c(Cl)cc1Cl)C(C)C. The third-order valence-electron chi connectivity index (χ3n) is 2.77. The molecule has 0 radical (unpaired) electrons. The summed E-state index contributed by atoms with van der Waals surface area (Å²) in [5.41, 5.74) is 0. The topological polar surface area (TPSA) is 16.1 Å². The third-order valence-corrected chi connectivity index (χ3v) is 3.72. The number of rotatable bonds is 6. The number of hydrogen-bond acceptors (Lipinski definition) is 2. The molecule has 1 aromatic heterocycles. The summed E-state index contributed by atoms with van der Waals surface area (Å²) >= 11 is 18.1. The summed E-state index contributed by atoms with van der Waals surface area (Å²) in [6.07, 6.45) is 3.50. The lowest BCUT2D eigenvalue weighted by Crippen LogP contribution is -2.32. The lowest BCUT2D eigenvalue weighted by molar-refractivity contribution is 0.620. The van der Waals surface area contributed by atoms with Gasteiger partial charge in [0.15, 0.2) is 0 Å². The van der Waals surface area contributed by atoms with E-state index in [0.717, 1.165) is 18.8 Å². The van der Waals surface area contributed by atoms with Gasteiger partial charge in [0, 0.05) is 12.6 Å². The van der Waals surface area contributed by atoms with E-state index < -0.39 is 0 Å². The van der Waals surface area contributed by atoms with Gasteiger partial charge in [-0.1, -0.05) is 54.6 Å². The maximum absolute atomic E-state index is 6.21. The molecule has 0 atom stereocenters. The van der Waals surface area contributed by atoms with E-state index in [9.17, 15) is 0 Å². The van der Waals surface area contributed by atoms with Crippen LogP contribution in [0.25, 0.3) is 0 Å². The van der Waals surface area contributed by atoms with Crippen molar-refractivity contribution < 1.29 is 0 Å². The van der Waals surface area contributed by atoms with Gasteiger partial charge in [0.1, 0.15) is 11.0 Å². The van der Waals surface area contributed by atoms with Crippen molar-refractivity contribution in [2.75, 3.05) is 11.4 Å². The van der Waals surface area contributed by atoms with Crippen LogP contribution < -0.4 is 4.90 Å². The fraction of sp³-hybridized carbons (Fsp3) is 0.615.